The fourth-order valence-electron chi connectivity index (χ4n) is 3.40. The van der Waals surface area contributed by atoms with Gasteiger partial charge in [-0.1, -0.05) is 23.7 Å². The quantitative estimate of drug-likeness (QED) is 0.747. The van der Waals surface area contributed by atoms with E-state index >= 15 is 0 Å². The van der Waals surface area contributed by atoms with Crippen LogP contribution in [0.5, 0.6) is 0 Å². The monoisotopic (exact) mass is 388 g/mol. The van der Waals surface area contributed by atoms with E-state index in [-0.39, 0.29) is 17.0 Å². The van der Waals surface area contributed by atoms with E-state index in [1.54, 1.807) is 47.0 Å². The van der Waals surface area contributed by atoms with Crippen molar-refractivity contribution in [1.29, 1.82) is 0 Å². The summed E-state index contributed by atoms with van der Waals surface area (Å²) in [5.74, 6) is 0. The second kappa shape index (κ2) is 6.23. The fraction of sp³-hybridized carbons (Fsp3) is 0.211. The van der Waals surface area contributed by atoms with Gasteiger partial charge in [-0.15, -0.1) is 0 Å². The Balaban J connectivity index is 1.72. The lowest BCUT2D eigenvalue weighted by atomic mass is 10.1. The molecule has 0 atom stereocenters. The molecule has 4 rings (SSSR count). The van der Waals surface area contributed by atoms with Crippen LogP contribution in [0, 0.1) is 6.92 Å². The Morgan fingerprint density at radius 3 is 2.62 bits per heavy atom. The molecule has 5 nitrogen and oxygen atoms in total. The van der Waals surface area contributed by atoms with E-state index in [2.05, 4.69) is 4.72 Å². The number of sulfonamides is 1. The van der Waals surface area contributed by atoms with Crippen molar-refractivity contribution in [1.82, 2.24) is 9.29 Å². The zero-order chi connectivity index (χ0) is 18.5. The van der Waals surface area contributed by atoms with Crippen molar-refractivity contribution in [2.24, 2.45) is 0 Å². The van der Waals surface area contributed by atoms with Gasteiger partial charge in [0, 0.05) is 29.6 Å². The normalized spacial score (nSPS) is 13.5. The van der Waals surface area contributed by atoms with E-state index in [4.69, 9.17) is 11.6 Å². The number of nitrogens with one attached hydrogen (secondary N) is 1. The number of pyridine rings is 1. The molecule has 134 valence electrons. The number of aryl methyl sites for hydroxylation is 3. The second-order valence-electron chi connectivity index (χ2n) is 6.50. The molecule has 26 heavy (non-hydrogen) atoms. The highest BCUT2D eigenvalue weighted by Crippen LogP contribution is 2.29. The smallest absolute Gasteiger partial charge is 0.251 e. The molecule has 2 heterocycles. The topological polar surface area (TPSA) is 68.2 Å². The SMILES string of the molecule is Cc1cc(=O)n2c3c(cc(S(=O)(=O)NCc4ccc(Cl)cc4)cc13)CC2. The second-order valence-corrected chi connectivity index (χ2v) is 8.70. The molecule has 1 aromatic heterocycles. The van der Waals surface area contributed by atoms with Gasteiger partial charge in [-0.05, 0) is 54.3 Å². The van der Waals surface area contributed by atoms with Crippen molar-refractivity contribution in [3.8, 4) is 0 Å². The maximum atomic E-state index is 12.8. The number of hydrogen-bond donors (Lipinski definition) is 1. The molecule has 0 radical (unpaired) electrons. The van der Waals surface area contributed by atoms with Crippen LogP contribution in [0.3, 0.4) is 0 Å². The largest absolute Gasteiger partial charge is 0.308 e. The van der Waals surface area contributed by atoms with Gasteiger partial charge in [0.05, 0.1) is 10.4 Å². The lowest BCUT2D eigenvalue weighted by Gasteiger charge is -2.11. The molecule has 0 bridgehead atoms. The summed E-state index contributed by atoms with van der Waals surface area (Å²) in [7, 11) is -3.67. The molecule has 0 unspecified atom stereocenters. The number of aromatic nitrogens is 1. The van der Waals surface area contributed by atoms with Crippen LogP contribution in [0.1, 0.15) is 16.7 Å². The van der Waals surface area contributed by atoms with Gasteiger partial charge in [0.1, 0.15) is 0 Å². The first-order valence-electron chi connectivity index (χ1n) is 8.26. The van der Waals surface area contributed by atoms with Crippen molar-refractivity contribution in [3.63, 3.8) is 0 Å². The number of nitrogens with zero attached hydrogens (tertiary/aromatic N) is 1. The Labute approximate surface area is 156 Å². The first kappa shape index (κ1) is 17.3. The summed E-state index contributed by atoms with van der Waals surface area (Å²) in [6.07, 6.45) is 0.662. The number of benzene rings is 2. The van der Waals surface area contributed by atoms with Crippen molar-refractivity contribution in [3.05, 3.63) is 74.5 Å². The van der Waals surface area contributed by atoms with Crippen LogP contribution < -0.4 is 10.3 Å². The van der Waals surface area contributed by atoms with E-state index in [0.717, 1.165) is 27.6 Å². The third-order valence-electron chi connectivity index (χ3n) is 4.76. The minimum atomic E-state index is -3.67. The van der Waals surface area contributed by atoms with Crippen LogP contribution >= 0.6 is 11.6 Å². The van der Waals surface area contributed by atoms with Crippen LogP contribution in [0.2, 0.25) is 5.02 Å². The van der Waals surface area contributed by atoms with E-state index in [1.807, 2.05) is 6.92 Å². The van der Waals surface area contributed by atoms with Crippen LogP contribution in [0.15, 0.2) is 52.2 Å². The first-order valence-corrected chi connectivity index (χ1v) is 10.1. The molecule has 3 aromatic rings. The number of rotatable bonds is 4. The molecule has 0 saturated carbocycles. The molecule has 0 spiro atoms. The maximum absolute atomic E-state index is 12.8. The predicted molar refractivity (Wildman–Crippen MR) is 102 cm³/mol. The zero-order valence-electron chi connectivity index (χ0n) is 14.1. The summed E-state index contributed by atoms with van der Waals surface area (Å²) in [5, 5.41) is 1.42. The van der Waals surface area contributed by atoms with Gasteiger partial charge in [-0.2, -0.15) is 0 Å². The summed E-state index contributed by atoms with van der Waals surface area (Å²) in [5.41, 5.74) is 3.33. The van der Waals surface area contributed by atoms with Gasteiger partial charge in [-0.3, -0.25) is 4.79 Å². The minimum absolute atomic E-state index is 0.0368. The standard InChI is InChI=1S/C19H17ClN2O3S/c1-12-8-18(23)22-7-6-14-9-16(10-17(12)19(14)22)26(24,25)21-11-13-2-4-15(20)5-3-13/h2-5,8-10,21H,6-7,11H2,1H3. The van der Waals surface area contributed by atoms with Crippen molar-refractivity contribution < 1.29 is 8.42 Å². The number of hydrogen-bond acceptors (Lipinski definition) is 3. The van der Waals surface area contributed by atoms with Crippen LogP contribution in [-0.2, 0) is 29.5 Å². The first-order chi connectivity index (χ1) is 12.3. The Hall–Kier alpha value is -2.15. The van der Waals surface area contributed by atoms with Crippen LogP contribution in [-0.4, -0.2) is 13.0 Å². The maximum Gasteiger partial charge on any atom is 0.251 e. The van der Waals surface area contributed by atoms with Crippen molar-refractivity contribution >= 4 is 32.5 Å². The average molecular weight is 389 g/mol. The van der Waals surface area contributed by atoms with Gasteiger partial charge < -0.3 is 4.57 Å². The summed E-state index contributed by atoms with van der Waals surface area (Å²) >= 11 is 5.85. The zero-order valence-corrected chi connectivity index (χ0v) is 15.7. The molecule has 0 amide bonds. The molecule has 7 heteroatoms. The lowest BCUT2D eigenvalue weighted by molar-refractivity contribution is 0.581. The van der Waals surface area contributed by atoms with E-state index in [0.29, 0.717) is 18.0 Å². The van der Waals surface area contributed by atoms with Gasteiger partial charge in [-0.25, -0.2) is 13.1 Å². The number of halogens is 1. The molecule has 0 fully saturated rings. The molecular weight excluding hydrogens is 372 g/mol. The third kappa shape index (κ3) is 2.94. The summed E-state index contributed by atoms with van der Waals surface area (Å²) in [6.45, 7) is 2.61. The molecule has 1 aliphatic rings. The Morgan fingerprint density at radius 1 is 1.15 bits per heavy atom. The van der Waals surface area contributed by atoms with E-state index in [9.17, 15) is 13.2 Å². The Bertz CT molecular complexity index is 1180. The van der Waals surface area contributed by atoms with Crippen LogP contribution in [0.4, 0.5) is 0 Å². The molecule has 0 saturated heterocycles. The summed E-state index contributed by atoms with van der Waals surface area (Å²) in [4.78, 5) is 12.3. The summed E-state index contributed by atoms with van der Waals surface area (Å²) in [6, 6.07) is 11.9. The highest BCUT2D eigenvalue weighted by molar-refractivity contribution is 7.89. The van der Waals surface area contributed by atoms with E-state index < -0.39 is 10.0 Å². The van der Waals surface area contributed by atoms with Gasteiger partial charge in [0.15, 0.2) is 0 Å². The van der Waals surface area contributed by atoms with Crippen molar-refractivity contribution in [2.45, 2.75) is 31.3 Å². The third-order valence-corrected chi connectivity index (χ3v) is 6.39. The van der Waals surface area contributed by atoms with Gasteiger partial charge in [0.25, 0.3) is 5.56 Å². The highest BCUT2D eigenvalue weighted by atomic mass is 35.5. The van der Waals surface area contributed by atoms with Crippen molar-refractivity contribution in [2.75, 3.05) is 0 Å². The predicted octanol–water partition coefficient (Wildman–Crippen LogP) is 3.00. The average Bonchev–Trinajstić information content (AvgIpc) is 3.04. The van der Waals surface area contributed by atoms with E-state index in [1.165, 1.54) is 0 Å². The lowest BCUT2D eigenvalue weighted by Crippen LogP contribution is -2.23. The molecule has 1 aliphatic heterocycles. The minimum Gasteiger partial charge on any atom is -0.308 e. The summed E-state index contributed by atoms with van der Waals surface area (Å²) < 4.78 is 29.9. The Morgan fingerprint density at radius 2 is 1.88 bits per heavy atom. The highest BCUT2D eigenvalue weighted by Gasteiger charge is 2.22. The van der Waals surface area contributed by atoms with Gasteiger partial charge in [0.2, 0.25) is 10.0 Å². The molecular formula is C19H17ClN2O3S. The molecule has 2 aromatic carbocycles. The fourth-order valence-corrected chi connectivity index (χ4v) is 4.62. The van der Waals surface area contributed by atoms with Gasteiger partial charge >= 0.3 is 0 Å². The van der Waals surface area contributed by atoms with Crippen LogP contribution in [0.25, 0.3) is 10.9 Å². The molecule has 1 N–H and O–H groups in total. The molecule has 0 aliphatic carbocycles. The Kier molecular flexibility index (Phi) is 4.14.